The predicted molar refractivity (Wildman–Crippen MR) is 60.2 cm³/mol. The zero-order valence-electron chi connectivity index (χ0n) is 9.95. The van der Waals surface area contributed by atoms with Crippen LogP contribution in [0.4, 0.5) is 17.6 Å². The van der Waals surface area contributed by atoms with E-state index in [2.05, 4.69) is 6.58 Å². The highest BCUT2D eigenvalue weighted by Gasteiger charge is 2.49. The smallest absolute Gasteiger partial charge is 0.207 e. The summed E-state index contributed by atoms with van der Waals surface area (Å²) in [4.78, 5) is 0. The van der Waals surface area contributed by atoms with Crippen LogP contribution in [0.5, 0.6) is 0 Å². The van der Waals surface area contributed by atoms with Crippen LogP contribution in [0.2, 0.25) is 0 Å². The Hall–Kier alpha value is -1.32. The Labute approximate surface area is 98.0 Å². The van der Waals surface area contributed by atoms with Crippen molar-refractivity contribution in [2.45, 2.75) is 32.4 Å². The maximum Gasteiger partial charge on any atom is 0.398 e. The summed E-state index contributed by atoms with van der Waals surface area (Å²) in [7, 11) is 0. The number of rotatable bonds is 2. The maximum atomic E-state index is 13.7. The molecule has 17 heavy (non-hydrogen) atoms. The molecule has 4 heteroatoms. The van der Waals surface area contributed by atoms with Gasteiger partial charge in [-0.3, -0.25) is 0 Å². The minimum atomic E-state index is -4.49. The summed E-state index contributed by atoms with van der Waals surface area (Å²) in [6, 6.07) is 3.71. The molecule has 0 aliphatic rings. The van der Waals surface area contributed by atoms with Crippen molar-refractivity contribution in [2.75, 3.05) is 0 Å². The highest BCUT2D eigenvalue weighted by atomic mass is 19.4. The summed E-state index contributed by atoms with van der Waals surface area (Å²) in [5.41, 5.74) is -1.44. The maximum absolute atomic E-state index is 13.7. The molecule has 1 rings (SSSR count). The van der Waals surface area contributed by atoms with Crippen molar-refractivity contribution in [3.8, 4) is 0 Å². The fourth-order valence-electron chi connectivity index (χ4n) is 1.44. The van der Waals surface area contributed by atoms with Gasteiger partial charge >= 0.3 is 6.18 Å². The largest absolute Gasteiger partial charge is 0.398 e. The Bertz CT molecular complexity index is 441. The van der Waals surface area contributed by atoms with Crippen LogP contribution in [0, 0.1) is 5.82 Å². The van der Waals surface area contributed by atoms with E-state index < -0.39 is 17.4 Å². The molecule has 0 bridgehead atoms. The first-order valence-electron chi connectivity index (χ1n) is 5.10. The van der Waals surface area contributed by atoms with Gasteiger partial charge in [0.1, 0.15) is 5.82 Å². The molecule has 0 aliphatic heterocycles. The average Bonchev–Trinajstić information content (AvgIpc) is 2.15. The molecule has 0 aromatic heterocycles. The molecular weight excluding hydrogens is 232 g/mol. The SMILES string of the molecule is C=C(C)c1ccc(C(C)(C)C(F)(F)F)c(F)c1. The lowest BCUT2D eigenvalue weighted by atomic mass is 9.83. The predicted octanol–water partition coefficient (Wildman–Crippen LogP) is 4.70. The van der Waals surface area contributed by atoms with Crippen LogP contribution in [0.15, 0.2) is 24.8 Å². The fourth-order valence-corrected chi connectivity index (χ4v) is 1.44. The monoisotopic (exact) mass is 246 g/mol. The number of alkyl halides is 3. The summed E-state index contributed by atoms with van der Waals surface area (Å²) in [5.74, 6) is -0.854. The summed E-state index contributed by atoms with van der Waals surface area (Å²) >= 11 is 0. The van der Waals surface area contributed by atoms with Gasteiger partial charge in [-0.2, -0.15) is 13.2 Å². The molecule has 0 amide bonds. The third kappa shape index (κ3) is 2.51. The molecule has 0 N–H and O–H groups in total. The van der Waals surface area contributed by atoms with Crippen LogP contribution in [0.25, 0.3) is 5.57 Å². The van der Waals surface area contributed by atoms with E-state index in [0.29, 0.717) is 11.1 Å². The molecule has 0 saturated carbocycles. The first-order chi connectivity index (χ1) is 7.57. The van der Waals surface area contributed by atoms with E-state index in [0.717, 1.165) is 19.9 Å². The molecule has 0 unspecified atom stereocenters. The van der Waals surface area contributed by atoms with E-state index in [4.69, 9.17) is 0 Å². The average molecular weight is 246 g/mol. The highest BCUT2D eigenvalue weighted by molar-refractivity contribution is 5.61. The van der Waals surface area contributed by atoms with E-state index in [1.807, 2.05) is 0 Å². The number of allylic oxidation sites excluding steroid dienone is 1. The van der Waals surface area contributed by atoms with Crippen LogP contribution in [-0.2, 0) is 5.41 Å². The van der Waals surface area contributed by atoms with Crippen LogP contribution in [0.1, 0.15) is 31.9 Å². The van der Waals surface area contributed by atoms with Crippen molar-refractivity contribution in [2.24, 2.45) is 0 Å². The lowest BCUT2D eigenvalue weighted by Crippen LogP contribution is -2.37. The molecule has 0 fully saturated rings. The van der Waals surface area contributed by atoms with Gasteiger partial charge < -0.3 is 0 Å². The second-order valence-electron chi connectivity index (χ2n) is 4.60. The van der Waals surface area contributed by atoms with Crippen LogP contribution < -0.4 is 0 Å². The molecule has 0 spiro atoms. The molecule has 0 nitrogen and oxygen atoms in total. The molecule has 0 saturated heterocycles. The lowest BCUT2D eigenvalue weighted by molar-refractivity contribution is -0.180. The van der Waals surface area contributed by atoms with E-state index >= 15 is 0 Å². The van der Waals surface area contributed by atoms with Crippen molar-refractivity contribution in [1.82, 2.24) is 0 Å². The Kier molecular flexibility index (Phi) is 3.37. The topological polar surface area (TPSA) is 0 Å². The van der Waals surface area contributed by atoms with Gasteiger partial charge in [-0.05, 0) is 32.4 Å². The van der Waals surface area contributed by atoms with Gasteiger partial charge in [-0.15, -0.1) is 0 Å². The van der Waals surface area contributed by atoms with Gasteiger partial charge in [-0.1, -0.05) is 24.3 Å². The molecule has 1 aromatic carbocycles. The second kappa shape index (κ2) is 4.17. The van der Waals surface area contributed by atoms with Gasteiger partial charge in [-0.25, -0.2) is 4.39 Å². The summed E-state index contributed by atoms with van der Waals surface area (Å²) in [6.07, 6.45) is -4.49. The normalized spacial score (nSPS) is 12.6. The zero-order chi connectivity index (χ0) is 13.4. The number of hydrogen-bond donors (Lipinski definition) is 0. The van der Waals surface area contributed by atoms with Crippen molar-refractivity contribution >= 4 is 5.57 Å². The number of hydrogen-bond acceptors (Lipinski definition) is 0. The van der Waals surface area contributed by atoms with Crippen LogP contribution in [0.3, 0.4) is 0 Å². The van der Waals surface area contributed by atoms with E-state index in [9.17, 15) is 17.6 Å². The van der Waals surface area contributed by atoms with E-state index in [1.54, 1.807) is 6.92 Å². The lowest BCUT2D eigenvalue weighted by Gasteiger charge is -2.28. The molecule has 0 atom stereocenters. The highest BCUT2D eigenvalue weighted by Crippen LogP contribution is 2.41. The van der Waals surface area contributed by atoms with Crippen molar-refractivity contribution in [3.63, 3.8) is 0 Å². The second-order valence-corrected chi connectivity index (χ2v) is 4.60. The summed E-state index contributed by atoms with van der Waals surface area (Å²) in [5, 5.41) is 0. The summed E-state index contributed by atoms with van der Waals surface area (Å²) in [6.45, 7) is 7.22. The van der Waals surface area contributed by atoms with Crippen LogP contribution in [-0.4, -0.2) is 6.18 Å². The summed E-state index contributed by atoms with van der Waals surface area (Å²) < 4.78 is 52.0. The van der Waals surface area contributed by atoms with E-state index in [1.165, 1.54) is 12.1 Å². The van der Waals surface area contributed by atoms with Crippen molar-refractivity contribution in [1.29, 1.82) is 0 Å². The molecule has 0 heterocycles. The van der Waals surface area contributed by atoms with Crippen molar-refractivity contribution < 1.29 is 17.6 Å². The molecule has 94 valence electrons. The number of benzene rings is 1. The minimum absolute atomic E-state index is 0.352. The Morgan fingerprint density at radius 1 is 1.18 bits per heavy atom. The fraction of sp³-hybridized carbons (Fsp3) is 0.385. The van der Waals surface area contributed by atoms with Crippen molar-refractivity contribution in [3.05, 3.63) is 41.7 Å². The zero-order valence-corrected chi connectivity index (χ0v) is 9.95. The molecule has 1 aromatic rings. The third-order valence-electron chi connectivity index (χ3n) is 2.84. The first-order valence-corrected chi connectivity index (χ1v) is 5.10. The molecule has 0 aliphatic carbocycles. The van der Waals surface area contributed by atoms with Crippen LogP contribution >= 0.6 is 0 Å². The Morgan fingerprint density at radius 3 is 2.06 bits per heavy atom. The quantitative estimate of drug-likeness (QED) is 0.663. The molecule has 0 radical (unpaired) electrons. The standard InChI is InChI=1S/C13H14F4/c1-8(2)9-5-6-10(11(14)7-9)12(3,4)13(15,16)17/h5-7H,1H2,2-4H3. The third-order valence-corrected chi connectivity index (χ3v) is 2.84. The van der Waals surface area contributed by atoms with Gasteiger partial charge in [0.2, 0.25) is 0 Å². The van der Waals surface area contributed by atoms with E-state index in [-0.39, 0.29) is 5.56 Å². The number of halogens is 4. The Morgan fingerprint density at radius 2 is 1.71 bits per heavy atom. The first kappa shape index (κ1) is 13.7. The minimum Gasteiger partial charge on any atom is -0.207 e. The van der Waals surface area contributed by atoms with Gasteiger partial charge in [0.05, 0.1) is 5.41 Å². The van der Waals surface area contributed by atoms with Gasteiger partial charge in [0.25, 0.3) is 0 Å². The van der Waals surface area contributed by atoms with Gasteiger partial charge in [0.15, 0.2) is 0 Å². The van der Waals surface area contributed by atoms with Gasteiger partial charge in [0, 0.05) is 5.56 Å². The molecular formula is C13H14F4. The Balaban J connectivity index is 3.30.